The van der Waals surface area contributed by atoms with Crippen LogP contribution in [0.25, 0.3) is 0 Å². The van der Waals surface area contributed by atoms with Crippen LogP contribution in [0.15, 0.2) is 42.6 Å². The number of hydrogen-bond donors (Lipinski definition) is 1. The molecular weight excluding hydrogens is 270 g/mol. The maximum Gasteiger partial charge on any atom is 0.0564 e. The summed E-state index contributed by atoms with van der Waals surface area (Å²) in [6, 6.07) is 12.2. The number of pyridine rings is 1. The molecule has 1 aromatic heterocycles. The molecule has 2 aromatic rings. The summed E-state index contributed by atoms with van der Waals surface area (Å²) in [5, 5.41) is 3.94. The molecule has 4 heteroatoms. The van der Waals surface area contributed by atoms with E-state index in [1.165, 1.54) is 0 Å². The molecule has 0 aliphatic heterocycles. The lowest BCUT2D eigenvalue weighted by Crippen LogP contribution is -2.22. The number of halogens is 1. The summed E-state index contributed by atoms with van der Waals surface area (Å²) in [7, 11) is 4.00. The summed E-state index contributed by atoms with van der Waals surface area (Å²) in [6.07, 6.45) is 1.83. The first kappa shape index (κ1) is 14.8. The second-order valence-electron chi connectivity index (χ2n) is 4.90. The zero-order valence-corrected chi connectivity index (χ0v) is 12.9. The van der Waals surface area contributed by atoms with Crippen molar-refractivity contribution in [3.8, 4) is 0 Å². The lowest BCUT2D eigenvalue weighted by molar-refractivity contribution is 0.250. The van der Waals surface area contributed by atoms with E-state index in [1.54, 1.807) is 0 Å². The van der Waals surface area contributed by atoms with Gasteiger partial charge in [0.1, 0.15) is 0 Å². The monoisotopic (exact) mass is 289 g/mol. The molecule has 1 N–H and O–H groups in total. The number of hydrogen-bond acceptors (Lipinski definition) is 3. The van der Waals surface area contributed by atoms with Crippen molar-refractivity contribution in [1.29, 1.82) is 0 Å². The molecule has 1 unspecified atom stereocenters. The summed E-state index contributed by atoms with van der Waals surface area (Å²) < 4.78 is 0. The predicted molar refractivity (Wildman–Crippen MR) is 85.1 cm³/mol. The molecule has 0 amide bonds. The first-order chi connectivity index (χ1) is 9.61. The third kappa shape index (κ3) is 3.50. The van der Waals surface area contributed by atoms with Gasteiger partial charge in [0, 0.05) is 36.5 Å². The second kappa shape index (κ2) is 6.73. The van der Waals surface area contributed by atoms with Crippen LogP contribution < -0.4 is 5.32 Å². The van der Waals surface area contributed by atoms with Crippen molar-refractivity contribution in [1.82, 2.24) is 9.88 Å². The van der Waals surface area contributed by atoms with Gasteiger partial charge >= 0.3 is 0 Å². The Kier molecular flexibility index (Phi) is 4.99. The van der Waals surface area contributed by atoms with Crippen LogP contribution in [-0.4, -0.2) is 24.0 Å². The lowest BCUT2D eigenvalue weighted by Gasteiger charge is -2.25. The first-order valence-corrected chi connectivity index (χ1v) is 7.07. The van der Waals surface area contributed by atoms with Gasteiger partial charge in [0.15, 0.2) is 0 Å². The van der Waals surface area contributed by atoms with Gasteiger partial charge in [0.2, 0.25) is 0 Å². The van der Waals surface area contributed by atoms with Crippen LogP contribution >= 0.6 is 11.6 Å². The van der Waals surface area contributed by atoms with E-state index < -0.39 is 0 Å². The molecule has 1 atom stereocenters. The van der Waals surface area contributed by atoms with Crippen LogP contribution in [0.3, 0.4) is 0 Å². The zero-order valence-electron chi connectivity index (χ0n) is 12.1. The third-order valence-corrected chi connectivity index (χ3v) is 3.88. The minimum absolute atomic E-state index is 0.240. The Bertz CT molecular complexity index is 571. The lowest BCUT2D eigenvalue weighted by atomic mass is 10.1. The second-order valence-corrected chi connectivity index (χ2v) is 5.31. The highest BCUT2D eigenvalue weighted by Gasteiger charge is 2.15. The molecule has 3 nitrogen and oxygen atoms in total. The molecule has 0 radical (unpaired) electrons. The van der Waals surface area contributed by atoms with Gasteiger partial charge in [-0.1, -0.05) is 29.8 Å². The fourth-order valence-corrected chi connectivity index (χ4v) is 2.46. The molecular formula is C16H20ClN3. The van der Waals surface area contributed by atoms with E-state index in [2.05, 4.69) is 41.3 Å². The molecule has 0 aliphatic rings. The number of rotatable bonds is 5. The van der Waals surface area contributed by atoms with Gasteiger partial charge in [-0.25, -0.2) is 0 Å². The number of anilines is 1. The van der Waals surface area contributed by atoms with E-state index in [0.717, 1.165) is 28.5 Å². The van der Waals surface area contributed by atoms with Crippen molar-refractivity contribution in [3.63, 3.8) is 0 Å². The Morgan fingerprint density at radius 3 is 2.75 bits per heavy atom. The smallest absolute Gasteiger partial charge is 0.0564 e. The van der Waals surface area contributed by atoms with Crippen molar-refractivity contribution in [2.45, 2.75) is 19.5 Å². The van der Waals surface area contributed by atoms with Gasteiger partial charge in [-0.3, -0.25) is 9.88 Å². The van der Waals surface area contributed by atoms with Crippen molar-refractivity contribution < 1.29 is 0 Å². The summed E-state index contributed by atoms with van der Waals surface area (Å²) in [6.45, 7) is 2.94. The van der Waals surface area contributed by atoms with Crippen LogP contribution in [-0.2, 0) is 6.54 Å². The number of aromatic nitrogens is 1. The summed E-state index contributed by atoms with van der Waals surface area (Å²) >= 11 is 6.26. The van der Waals surface area contributed by atoms with Gasteiger partial charge in [0.05, 0.1) is 5.69 Å². The minimum atomic E-state index is 0.240. The summed E-state index contributed by atoms with van der Waals surface area (Å²) in [4.78, 5) is 6.65. The highest BCUT2D eigenvalue weighted by Crippen LogP contribution is 2.27. The highest BCUT2D eigenvalue weighted by atomic mass is 35.5. The fraction of sp³-hybridized carbons (Fsp3) is 0.312. The Hall–Kier alpha value is -1.58. The highest BCUT2D eigenvalue weighted by molar-refractivity contribution is 6.31. The van der Waals surface area contributed by atoms with Gasteiger partial charge in [-0.2, -0.15) is 0 Å². The standard InChI is InChI=1S/C16H20ClN3/c1-12(15-6-4-5-7-16(15)17)20(3)11-14-10-13(18-2)8-9-19-14/h4-10,12H,11H2,1-3H3,(H,18,19). The SMILES string of the molecule is CNc1ccnc(CN(C)C(C)c2ccccc2Cl)c1. The third-order valence-electron chi connectivity index (χ3n) is 3.53. The molecule has 20 heavy (non-hydrogen) atoms. The van der Waals surface area contributed by atoms with Crippen molar-refractivity contribution in [2.24, 2.45) is 0 Å². The van der Waals surface area contributed by atoms with Crippen LogP contribution in [0.5, 0.6) is 0 Å². The van der Waals surface area contributed by atoms with E-state index in [1.807, 2.05) is 37.5 Å². The van der Waals surface area contributed by atoms with Gasteiger partial charge < -0.3 is 5.32 Å². The molecule has 1 aromatic carbocycles. The van der Waals surface area contributed by atoms with Gasteiger partial charge in [-0.05, 0) is 37.7 Å². The molecule has 0 spiro atoms. The Balaban J connectivity index is 2.11. The molecule has 106 valence electrons. The number of benzene rings is 1. The van der Waals surface area contributed by atoms with Crippen molar-refractivity contribution in [3.05, 3.63) is 58.9 Å². The maximum atomic E-state index is 6.26. The molecule has 0 bridgehead atoms. The molecule has 0 saturated carbocycles. The summed E-state index contributed by atoms with van der Waals surface area (Å²) in [5.41, 5.74) is 3.26. The molecule has 0 fully saturated rings. The maximum absolute atomic E-state index is 6.26. The molecule has 1 heterocycles. The molecule has 0 saturated heterocycles. The number of nitrogens with zero attached hydrogens (tertiary/aromatic N) is 2. The van der Waals surface area contributed by atoms with Crippen molar-refractivity contribution >= 4 is 17.3 Å². The topological polar surface area (TPSA) is 28.2 Å². The largest absolute Gasteiger partial charge is 0.388 e. The zero-order chi connectivity index (χ0) is 14.5. The fourth-order valence-electron chi connectivity index (χ4n) is 2.16. The molecule has 2 rings (SSSR count). The Morgan fingerprint density at radius 2 is 2.05 bits per heavy atom. The van der Waals surface area contributed by atoms with Crippen LogP contribution in [0.1, 0.15) is 24.2 Å². The predicted octanol–water partition coefficient (Wildman–Crippen LogP) is 3.97. The summed E-state index contributed by atoms with van der Waals surface area (Å²) in [5.74, 6) is 0. The average molecular weight is 290 g/mol. The van der Waals surface area contributed by atoms with Crippen LogP contribution in [0.2, 0.25) is 5.02 Å². The van der Waals surface area contributed by atoms with Crippen LogP contribution in [0, 0.1) is 0 Å². The van der Waals surface area contributed by atoms with E-state index >= 15 is 0 Å². The Morgan fingerprint density at radius 1 is 1.30 bits per heavy atom. The van der Waals surface area contributed by atoms with E-state index in [-0.39, 0.29) is 6.04 Å². The van der Waals surface area contributed by atoms with E-state index in [0.29, 0.717) is 0 Å². The number of nitrogens with one attached hydrogen (secondary N) is 1. The first-order valence-electron chi connectivity index (χ1n) is 6.69. The average Bonchev–Trinajstić information content (AvgIpc) is 2.47. The minimum Gasteiger partial charge on any atom is -0.388 e. The van der Waals surface area contributed by atoms with Crippen LogP contribution in [0.4, 0.5) is 5.69 Å². The normalized spacial score (nSPS) is 12.4. The van der Waals surface area contributed by atoms with Gasteiger partial charge in [-0.15, -0.1) is 0 Å². The van der Waals surface area contributed by atoms with Gasteiger partial charge in [0.25, 0.3) is 0 Å². The van der Waals surface area contributed by atoms with Crippen molar-refractivity contribution in [2.75, 3.05) is 19.4 Å². The molecule has 0 aliphatic carbocycles. The Labute approximate surface area is 125 Å². The quantitative estimate of drug-likeness (QED) is 0.903. The van der Waals surface area contributed by atoms with E-state index in [9.17, 15) is 0 Å². The van der Waals surface area contributed by atoms with E-state index in [4.69, 9.17) is 11.6 Å².